The Kier molecular flexibility index (Phi) is 4.41. The van der Waals surface area contributed by atoms with Gasteiger partial charge in [0.15, 0.2) is 0 Å². The van der Waals surface area contributed by atoms with Crippen LogP contribution in [0.1, 0.15) is 23.2 Å². The Morgan fingerprint density at radius 2 is 1.92 bits per heavy atom. The van der Waals surface area contributed by atoms with E-state index in [1.165, 1.54) is 34.3 Å². The van der Waals surface area contributed by atoms with Crippen molar-refractivity contribution in [2.45, 2.75) is 32.0 Å². The van der Waals surface area contributed by atoms with E-state index in [9.17, 15) is 8.78 Å². The minimum absolute atomic E-state index is 0.0727. The number of aromatic nitrogens is 1. The lowest BCUT2D eigenvalue weighted by atomic mass is 9.91. The number of benzene rings is 2. The summed E-state index contributed by atoms with van der Waals surface area (Å²) in [5.74, 6) is -0.511. The summed E-state index contributed by atoms with van der Waals surface area (Å²) in [7, 11) is 4.14. The molecule has 0 aliphatic heterocycles. The van der Waals surface area contributed by atoms with E-state index in [0.29, 0.717) is 11.7 Å². The average molecular weight is 355 g/mol. The molecule has 136 valence electrons. The van der Waals surface area contributed by atoms with Crippen LogP contribution in [0.5, 0.6) is 0 Å². The molecule has 0 fully saturated rings. The maximum Gasteiger partial charge on any atom is 0.129 e. The average Bonchev–Trinajstić information content (AvgIpc) is 2.94. The van der Waals surface area contributed by atoms with Crippen LogP contribution < -0.4 is 10.6 Å². The molecule has 1 aliphatic carbocycles. The van der Waals surface area contributed by atoms with Gasteiger partial charge in [-0.3, -0.25) is 0 Å². The van der Waals surface area contributed by atoms with Crippen molar-refractivity contribution in [1.82, 2.24) is 9.88 Å². The summed E-state index contributed by atoms with van der Waals surface area (Å²) in [6.07, 6.45) is 3.28. The molecular formula is C21H23F2N3. The standard InChI is InChI=1S/C21H23F2N3/c1-24-14-5-8-20-18(10-14)17-6-3-16(11-21(17)26(20)2)25-15-4-7-19(23)13(9-15)12-22/h3-4,6-7,9,11,14,24-25H,5,8,10,12H2,1-2H3. The fourth-order valence-electron chi connectivity index (χ4n) is 4.02. The van der Waals surface area contributed by atoms with Gasteiger partial charge in [0, 0.05) is 41.1 Å². The van der Waals surface area contributed by atoms with Crippen LogP contribution in [0.15, 0.2) is 36.4 Å². The van der Waals surface area contributed by atoms with Crippen LogP contribution in [0.3, 0.4) is 0 Å². The Hall–Kier alpha value is -2.40. The summed E-state index contributed by atoms with van der Waals surface area (Å²) >= 11 is 0. The number of halogens is 2. The molecule has 0 saturated heterocycles. The van der Waals surface area contributed by atoms with Crippen molar-refractivity contribution >= 4 is 22.3 Å². The monoisotopic (exact) mass is 355 g/mol. The Labute approximate surface area is 152 Å². The SMILES string of the molecule is CNC1CCc2c(c3ccc(Nc4ccc(F)c(CF)c4)cc3n2C)C1. The van der Waals surface area contributed by atoms with Crippen LogP contribution in [0.2, 0.25) is 0 Å². The molecule has 2 aromatic carbocycles. The first-order valence-electron chi connectivity index (χ1n) is 8.99. The highest BCUT2D eigenvalue weighted by molar-refractivity contribution is 5.89. The zero-order valence-electron chi connectivity index (χ0n) is 15.1. The Bertz CT molecular complexity index is 962. The van der Waals surface area contributed by atoms with Crippen LogP contribution >= 0.6 is 0 Å². The highest BCUT2D eigenvalue weighted by Gasteiger charge is 2.23. The lowest BCUT2D eigenvalue weighted by Gasteiger charge is -2.22. The van der Waals surface area contributed by atoms with Crippen molar-refractivity contribution in [2.75, 3.05) is 12.4 Å². The van der Waals surface area contributed by atoms with Gasteiger partial charge < -0.3 is 15.2 Å². The lowest BCUT2D eigenvalue weighted by Crippen LogP contribution is -2.31. The third-order valence-corrected chi connectivity index (χ3v) is 5.50. The van der Waals surface area contributed by atoms with E-state index in [1.54, 1.807) is 6.07 Å². The van der Waals surface area contributed by atoms with Gasteiger partial charge in [-0.15, -0.1) is 0 Å². The van der Waals surface area contributed by atoms with Crippen molar-refractivity contribution in [3.8, 4) is 0 Å². The number of nitrogens with zero attached hydrogens (tertiary/aromatic N) is 1. The summed E-state index contributed by atoms with van der Waals surface area (Å²) in [4.78, 5) is 0. The van der Waals surface area contributed by atoms with Gasteiger partial charge >= 0.3 is 0 Å². The van der Waals surface area contributed by atoms with E-state index in [4.69, 9.17) is 0 Å². The lowest BCUT2D eigenvalue weighted by molar-refractivity contribution is 0.464. The van der Waals surface area contributed by atoms with Crippen molar-refractivity contribution in [3.05, 3.63) is 59.0 Å². The van der Waals surface area contributed by atoms with Crippen molar-refractivity contribution in [1.29, 1.82) is 0 Å². The van der Waals surface area contributed by atoms with Crippen molar-refractivity contribution < 1.29 is 8.78 Å². The van der Waals surface area contributed by atoms with Crippen molar-refractivity contribution in [2.24, 2.45) is 7.05 Å². The second-order valence-corrected chi connectivity index (χ2v) is 7.01. The van der Waals surface area contributed by atoms with Gasteiger partial charge in [0.1, 0.15) is 12.5 Å². The van der Waals surface area contributed by atoms with E-state index in [2.05, 4.69) is 34.4 Å². The molecule has 0 spiro atoms. The first kappa shape index (κ1) is 17.0. The van der Waals surface area contributed by atoms with E-state index < -0.39 is 12.5 Å². The zero-order chi connectivity index (χ0) is 18.3. The molecule has 1 aliphatic rings. The fraction of sp³-hybridized carbons (Fsp3) is 0.333. The molecule has 1 unspecified atom stereocenters. The highest BCUT2D eigenvalue weighted by atomic mass is 19.1. The van der Waals surface area contributed by atoms with Gasteiger partial charge in [-0.1, -0.05) is 6.07 Å². The molecule has 1 aromatic heterocycles. The Balaban J connectivity index is 1.69. The minimum atomic E-state index is -0.808. The normalized spacial score (nSPS) is 16.7. The maximum atomic E-state index is 13.5. The Morgan fingerprint density at radius 3 is 2.69 bits per heavy atom. The van der Waals surface area contributed by atoms with E-state index in [1.807, 2.05) is 13.1 Å². The number of rotatable bonds is 4. The van der Waals surface area contributed by atoms with Crippen LogP contribution in [-0.2, 0) is 26.6 Å². The van der Waals surface area contributed by atoms with E-state index in [0.717, 1.165) is 24.9 Å². The molecule has 1 atom stereocenters. The molecule has 3 aromatic rings. The molecular weight excluding hydrogens is 332 g/mol. The largest absolute Gasteiger partial charge is 0.355 e. The van der Waals surface area contributed by atoms with Crippen LogP contribution in [-0.4, -0.2) is 17.7 Å². The number of nitrogens with one attached hydrogen (secondary N) is 2. The number of fused-ring (bicyclic) bond motifs is 3. The van der Waals surface area contributed by atoms with Gasteiger partial charge in [-0.05, 0) is 62.2 Å². The molecule has 0 saturated carbocycles. The van der Waals surface area contributed by atoms with Gasteiger partial charge in [-0.2, -0.15) is 0 Å². The molecule has 0 amide bonds. The second kappa shape index (κ2) is 6.72. The Morgan fingerprint density at radius 1 is 1.15 bits per heavy atom. The zero-order valence-corrected chi connectivity index (χ0v) is 15.1. The number of hydrogen-bond acceptors (Lipinski definition) is 2. The van der Waals surface area contributed by atoms with Gasteiger partial charge in [0.2, 0.25) is 0 Å². The van der Waals surface area contributed by atoms with Crippen LogP contribution in [0.25, 0.3) is 10.9 Å². The molecule has 26 heavy (non-hydrogen) atoms. The third kappa shape index (κ3) is 2.86. The number of aryl methyl sites for hydroxylation is 1. The van der Waals surface area contributed by atoms with E-state index >= 15 is 0 Å². The summed E-state index contributed by atoms with van der Waals surface area (Å²) in [5, 5.41) is 7.95. The van der Waals surface area contributed by atoms with Gasteiger partial charge in [0.25, 0.3) is 0 Å². The summed E-state index contributed by atoms with van der Waals surface area (Å²) < 4.78 is 28.6. The van der Waals surface area contributed by atoms with Gasteiger partial charge in [0.05, 0.1) is 5.52 Å². The number of hydrogen-bond donors (Lipinski definition) is 2. The number of likely N-dealkylation sites (N-methyl/N-ethyl adjacent to an activating group) is 1. The minimum Gasteiger partial charge on any atom is -0.355 e. The predicted octanol–water partition coefficient (Wildman–Crippen LogP) is 4.61. The molecule has 2 N–H and O–H groups in total. The predicted molar refractivity (Wildman–Crippen MR) is 102 cm³/mol. The number of anilines is 2. The first-order valence-corrected chi connectivity index (χ1v) is 8.99. The second-order valence-electron chi connectivity index (χ2n) is 7.01. The molecule has 1 heterocycles. The fourth-order valence-corrected chi connectivity index (χ4v) is 4.02. The smallest absolute Gasteiger partial charge is 0.129 e. The topological polar surface area (TPSA) is 29.0 Å². The summed E-state index contributed by atoms with van der Waals surface area (Å²) in [5.41, 5.74) is 5.70. The van der Waals surface area contributed by atoms with Crippen LogP contribution in [0.4, 0.5) is 20.2 Å². The van der Waals surface area contributed by atoms with E-state index in [-0.39, 0.29) is 5.56 Å². The van der Waals surface area contributed by atoms with Crippen LogP contribution in [0, 0.1) is 5.82 Å². The molecule has 5 heteroatoms. The quantitative estimate of drug-likeness (QED) is 0.716. The molecule has 0 bridgehead atoms. The molecule has 0 radical (unpaired) electrons. The maximum absolute atomic E-state index is 13.5. The molecule has 4 rings (SSSR count). The number of alkyl halides is 1. The highest BCUT2D eigenvalue weighted by Crippen LogP contribution is 2.33. The van der Waals surface area contributed by atoms with Gasteiger partial charge in [-0.25, -0.2) is 8.78 Å². The molecule has 3 nitrogen and oxygen atoms in total. The van der Waals surface area contributed by atoms with Crippen molar-refractivity contribution in [3.63, 3.8) is 0 Å². The summed E-state index contributed by atoms with van der Waals surface area (Å²) in [6, 6.07) is 11.3. The first-order chi connectivity index (χ1) is 12.6. The third-order valence-electron chi connectivity index (χ3n) is 5.50. The summed E-state index contributed by atoms with van der Waals surface area (Å²) in [6.45, 7) is -0.808.